The summed E-state index contributed by atoms with van der Waals surface area (Å²) in [6.45, 7) is 11.2. The largest absolute Gasteiger partial charge is 0.414 e. The van der Waals surface area contributed by atoms with E-state index in [4.69, 9.17) is 4.43 Å². The normalized spacial score (nSPS) is 27.1. The van der Waals surface area contributed by atoms with Crippen LogP contribution in [-0.2, 0) is 4.43 Å². The van der Waals surface area contributed by atoms with E-state index in [-0.39, 0.29) is 0 Å². The number of hydrogen-bond acceptors (Lipinski definition) is 1. The van der Waals surface area contributed by atoms with E-state index >= 15 is 0 Å². The molecule has 0 saturated carbocycles. The summed E-state index contributed by atoms with van der Waals surface area (Å²) in [7, 11) is -1.43. The molecule has 0 saturated heterocycles. The van der Waals surface area contributed by atoms with Crippen molar-refractivity contribution in [3.05, 3.63) is 23.3 Å². The molecule has 1 nitrogen and oxygen atoms in total. The minimum absolute atomic E-state index is 0.418. The van der Waals surface area contributed by atoms with Gasteiger partial charge in [-0.15, -0.1) is 0 Å². The molecule has 1 atom stereocenters. The first-order valence-corrected chi connectivity index (χ1v) is 9.00. The van der Waals surface area contributed by atoms with Crippen molar-refractivity contribution in [2.45, 2.75) is 58.9 Å². The Hall–Kier alpha value is -0.343. The fourth-order valence-corrected chi connectivity index (χ4v) is 4.00. The molecule has 86 valence electrons. The molecule has 1 aliphatic rings. The van der Waals surface area contributed by atoms with Crippen LogP contribution >= 0.6 is 0 Å². The van der Waals surface area contributed by atoms with Gasteiger partial charge in [-0.2, -0.15) is 0 Å². The molecule has 0 radical (unpaired) electrons. The predicted molar refractivity (Wildman–Crippen MR) is 69.6 cm³/mol. The van der Waals surface area contributed by atoms with Crippen LogP contribution in [-0.4, -0.2) is 14.4 Å². The van der Waals surface area contributed by atoms with E-state index in [1.165, 1.54) is 17.2 Å². The molecule has 0 aliphatic carbocycles. The van der Waals surface area contributed by atoms with E-state index in [1.807, 2.05) is 0 Å². The van der Waals surface area contributed by atoms with Crippen molar-refractivity contribution in [3.63, 3.8) is 0 Å². The topological polar surface area (TPSA) is 9.23 Å². The average molecular weight is 224 g/mol. The van der Waals surface area contributed by atoms with E-state index in [0.717, 1.165) is 12.8 Å². The molecule has 0 amide bonds. The first-order chi connectivity index (χ1) is 6.93. The highest BCUT2D eigenvalue weighted by Gasteiger charge is 2.28. The number of rotatable bonds is 2. The van der Waals surface area contributed by atoms with Crippen LogP contribution < -0.4 is 0 Å². The van der Waals surface area contributed by atoms with Gasteiger partial charge in [0.25, 0.3) is 0 Å². The SMILES string of the molecule is C/C=C(\C)C[C@H]1CC(C)=CC[Si](C)(C)O1. The molecule has 2 heteroatoms. The molecule has 15 heavy (non-hydrogen) atoms. The Morgan fingerprint density at radius 3 is 2.87 bits per heavy atom. The van der Waals surface area contributed by atoms with Crippen molar-refractivity contribution in [3.8, 4) is 0 Å². The van der Waals surface area contributed by atoms with Gasteiger partial charge in [-0.05, 0) is 52.8 Å². The van der Waals surface area contributed by atoms with E-state index in [1.54, 1.807) is 0 Å². The van der Waals surface area contributed by atoms with Gasteiger partial charge in [-0.25, -0.2) is 0 Å². The van der Waals surface area contributed by atoms with Gasteiger partial charge in [-0.3, -0.25) is 0 Å². The Kier molecular flexibility index (Phi) is 4.35. The van der Waals surface area contributed by atoms with Crippen molar-refractivity contribution in [1.29, 1.82) is 0 Å². The Balaban J connectivity index is 2.69. The minimum Gasteiger partial charge on any atom is -0.414 e. The summed E-state index contributed by atoms with van der Waals surface area (Å²) in [5.74, 6) is 0. The Bertz CT molecular complexity index is 276. The van der Waals surface area contributed by atoms with Gasteiger partial charge < -0.3 is 4.43 Å². The van der Waals surface area contributed by atoms with Crippen molar-refractivity contribution in [2.75, 3.05) is 0 Å². The monoisotopic (exact) mass is 224 g/mol. The third-order valence-electron chi connectivity index (χ3n) is 3.02. The fourth-order valence-electron chi connectivity index (χ4n) is 1.99. The average Bonchev–Trinajstić information content (AvgIpc) is 2.25. The highest BCUT2D eigenvalue weighted by molar-refractivity contribution is 6.71. The van der Waals surface area contributed by atoms with Crippen LogP contribution in [0.15, 0.2) is 23.3 Å². The standard InChI is InChI=1S/C13H24OSi/c1-6-11(2)9-13-10-12(3)7-8-15(4,5)14-13/h6-7,13H,8-10H2,1-5H3/b11-6+/t13-/m0/s1. The van der Waals surface area contributed by atoms with Crippen molar-refractivity contribution >= 4 is 8.32 Å². The summed E-state index contributed by atoms with van der Waals surface area (Å²) in [6, 6.07) is 1.17. The summed E-state index contributed by atoms with van der Waals surface area (Å²) in [4.78, 5) is 0. The van der Waals surface area contributed by atoms with E-state index in [0.29, 0.717) is 6.10 Å². The van der Waals surface area contributed by atoms with Gasteiger partial charge in [0.1, 0.15) is 0 Å². The Morgan fingerprint density at radius 1 is 1.60 bits per heavy atom. The summed E-state index contributed by atoms with van der Waals surface area (Å²) in [5, 5.41) is 0. The summed E-state index contributed by atoms with van der Waals surface area (Å²) in [6.07, 6.45) is 7.21. The van der Waals surface area contributed by atoms with Gasteiger partial charge in [0.15, 0.2) is 8.32 Å². The Labute approximate surface area is 95.4 Å². The van der Waals surface area contributed by atoms with Gasteiger partial charge in [0, 0.05) is 0 Å². The van der Waals surface area contributed by atoms with Crippen molar-refractivity contribution < 1.29 is 4.43 Å². The van der Waals surface area contributed by atoms with Gasteiger partial charge >= 0.3 is 0 Å². The molecule has 0 fully saturated rings. The predicted octanol–water partition coefficient (Wildman–Crippen LogP) is 4.28. The molecule has 1 rings (SSSR count). The highest BCUT2D eigenvalue weighted by Crippen LogP contribution is 2.27. The van der Waals surface area contributed by atoms with Crippen molar-refractivity contribution in [1.82, 2.24) is 0 Å². The summed E-state index contributed by atoms with van der Waals surface area (Å²) < 4.78 is 6.29. The minimum atomic E-state index is -1.43. The van der Waals surface area contributed by atoms with Crippen LogP contribution in [0.4, 0.5) is 0 Å². The van der Waals surface area contributed by atoms with E-state index in [9.17, 15) is 0 Å². The van der Waals surface area contributed by atoms with Crippen LogP contribution in [0.5, 0.6) is 0 Å². The van der Waals surface area contributed by atoms with E-state index in [2.05, 4.69) is 46.0 Å². The third-order valence-corrected chi connectivity index (χ3v) is 5.18. The third kappa shape index (κ3) is 4.35. The maximum absolute atomic E-state index is 6.29. The first-order valence-electron chi connectivity index (χ1n) is 5.88. The summed E-state index contributed by atoms with van der Waals surface area (Å²) in [5.41, 5.74) is 2.95. The smallest absolute Gasteiger partial charge is 0.190 e. The molecular formula is C13H24OSi. The van der Waals surface area contributed by atoms with Gasteiger partial charge in [-0.1, -0.05) is 23.3 Å². The number of hydrogen-bond donors (Lipinski definition) is 0. The Morgan fingerprint density at radius 2 is 2.27 bits per heavy atom. The number of allylic oxidation sites excluding steroid dienone is 2. The zero-order valence-electron chi connectivity index (χ0n) is 10.8. The van der Waals surface area contributed by atoms with Crippen LogP contribution in [0.2, 0.25) is 19.1 Å². The fraction of sp³-hybridized carbons (Fsp3) is 0.692. The first kappa shape index (κ1) is 12.7. The lowest BCUT2D eigenvalue weighted by molar-refractivity contribution is 0.195. The van der Waals surface area contributed by atoms with Gasteiger partial charge in [0.2, 0.25) is 0 Å². The maximum atomic E-state index is 6.29. The van der Waals surface area contributed by atoms with E-state index < -0.39 is 8.32 Å². The van der Waals surface area contributed by atoms with Crippen LogP contribution in [0.25, 0.3) is 0 Å². The zero-order chi connectivity index (χ0) is 11.5. The van der Waals surface area contributed by atoms with Crippen LogP contribution in [0, 0.1) is 0 Å². The summed E-state index contributed by atoms with van der Waals surface area (Å²) >= 11 is 0. The molecule has 0 unspecified atom stereocenters. The maximum Gasteiger partial charge on any atom is 0.190 e. The molecule has 1 heterocycles. The zero-order valence-corrected chi connectivity index (χ0v) is 11.8. The second kappa shape index (κ2) is 5.13. The molecule has 0 aromatic heterocycles. The van der Waals surface area contributed by atoms with Crippen LogP contribution in [0.1, 0.15) is 33.6 Å². The molecule has 0 N–H and O–H groups in total. The van der Waals surface area contributed by atoms with Gasteiger partial charge in [0.05, 0.1) is 6.10 Å². The lowest BCUT2D eigenvalue weighted by Crippen LogP contribution is -2.33. The van der Waals surface area contributed by atoms with Crippen LogP contribution in [0.3, 0.4) is 0 Å². The van der Waals surface area contributed by atoms with Crippen molar-refractivity contribution in [2.24, 2.45) is 0 Å². The lowest BCUT2D eigenvalue weighted by atomic mass is 10.0. The molecule has 0 aromatic carbocycles. The quantitative estimate of drug-likeness (QED) is 0.502. The molecule has 0 spiro atoms. The molecule has 0 bridgehead atoms. The lowest BCUT2D eigenvalue weighted by Gasteiger charge is -2.26. The second-order valence-electron chi connectivity index (χ2n) is 5.30. The molecule has 0 aromatic rings. The highest BCUT2D eigenvalue weighted by atomic mass is 28.4. The molecule has 1 aliphatic heterocycles. The second-order valence-corrected chi connectivity index (χ2v) is 9.46. The molecular weight excluding hydrogens is 200 g/mol.